The van der Waals surface area contributed by atoms with Crippen molar-refractivity contribution in [2.45, 2.75) is 0 Å². The van der Waals surface area contributed by atoms with Gasteiger partial charge < -0.3 is 5.32 Å². The van der Waals surface area contributed by atoms with Gasteiger partial charge in [0, 0.05) is 10.2 Å². The normalized spacial score (nSPS) is 8.90. The maximum atomic E-state index is 9.96. The van der Waals surface area contributed by atoms with E-state index in [0.717, 1.165) is 10.2 Å². The topological polar surface area (TPSA) is 29.1 Å². The van der Waals surface area contributed by atoms with Gasteiger partial charge in [-0.2, -0.15) is 0 Å². The second kappa shape index (κ2) is 3.37. The van der Waals surface area contributed by atoms with E-state index in [1.807, 2.05) is 24.3 Å². The molecule has 0 unspecified atom stereocenters. The molecule has 1 rings (SSSR count). The first-order valence-corrected chi connectivity index (χ1v) is 3.58. The SMILES string of the molecule is O=CNc1cccc(Br)c1. The Labute approximate surface area is 67.4 Å². The molecule has 52 valence electrons. The van der Waals surface area contributed by atoms with Crippen molar-refractivity contribution < 1.29 is 4.79 Å². The number of nitrogens with one attached hydrogen (secondary N) is 1. The van der Waals surface area contributed by atoms with E-state index >= 15 is 0 Å². The van der Waals surface area contributed by atoms with Gasteiger partial charge in [0.25, 0.3) is 0 Å². The fourth-order valence-electron chi connectivity index (χ4n) is 0.646. The monoisotopic (exact) mass is 199 g/mol. The first kappa shape index (κ1) is 7.28. The van der Waals surface area contributed by atoms with Crippen molar-refractivity contribution in [1.29, 1.82) is 0 Å². The molecule has 0 aliphatic carbocycles. The quantitative estimate of drug-likeness (QED) is 0.727. The van der Waals surface area contributed by atoms with E-state index in [2.05, 4.69) is 21.2 Å². The summed E-state index contributed by atoms with van der Waals surface area (Å²) < 4.78 is 0.958. The molecule has 1 aromatic carbocycles. The number of rotatable bonds is 2. The van der Waals surface area contributed by atoms with Crippen LogP contribution in [0.1, 0.15) is 0 Å². The van der Waals surface area contributed by atoms with Crippen LogP contribution in [0.5, 0.6) is 0 Å². The molecule has 0 aliphatic rings. The molecule has 2 nitrogen and oxygen atoms in total. The lowest BCUT2D eigenvalue weighted by Gasteiger charge is -1.96. The van der Waals surface area contributed by atoms with Crippen molar-refractivity contribution >= 4 is 28.0 Å². The summed E-state index contributed by atoms with van der Waals surface area (Å²) in [5.41, 5.74) is 0.796. The number of benzene rings is 1. The molecule has 0 saturated carbocycles. The lowest BCUT2D eigenvalue weighted by atomic mass is 10.3. The smallest absolute Gasteiger partial charge is 0.211 e. The molecule has 0 atom stereocenters. The van der Waals surface area contributed by atoms with Crippen molar-refractivity contribution in [2.75, 3.05) is 5.32 Å². The average Bonchev–Trinajstić information content (AvgIpc) is 1.88. The van der Waals surface area contributed by atoms with Crippen molar-refractivity contribution in [3.05, 3.63) is 28.7 Å². The maximum absolute atomic E-state index is 9.96. The van der Waals surface area contributed by atoms with Crippen molar-refractivity contribution in [3.8, 4) is 0 Å². The van der Waals surface area contributed by atoms with Gasteiger partial charge in [0.05, 0.1) is 0 Å². The fraction of sp³-hybridized carbons (Fsp3) is 0. The van der Waals surface area contributed by atoms with Gasteiger partial charge in [-0.15, -0.1) is 0 Å². The van der Waals surface area contributed by atoms with Crippen LogP contribution in [-0.2, 0) is 4.79 Å². The summed E-state index contributed by atoms with van der Waals surface area (Å²) in [4.78, 5) is 9.96. The summed E-state index contributed by atoms with van der Waals surface area (Å²) in [6.45, 7) is 0. The van der Waals surface area contributed by atoms with Crippen LogP contribution in [0.15, 0.2) is 28.7 Å². The van der Waals surface area contributed by atoms with Gasteiger partial charge >= 0.3 is 0 Å². The van der Waals surface area contributed by atoms with Crippen LogP contribution in [0.2, 0.25) is 0 Å². The van der Waals surface area contributed by atoms with Crippen LogP contribution < -0.4 is 5.32 Å². The van der Waals surface area contributed by atoms with Gasteiger partial charge in [0.1, 0.15) is 0 Å². The van der Waals surface area contributed by atoms with Gasteiger partial charge in [0.15, 0.2) is 0 Å². The number of carbonyl (C=O) groups excluding carboxylic acids is 1. The van der Waals surface area contributed by atoms with E-state index in [-0.39, 0.29) is 0 Å². The molecule has 3 heteroatoms. The van der Waals surface area contributed by atoms with E-state index in [0.29, 0.717) is 6.41 Å². The number of amides is 1. The number of carbonyl (C=O) groups is 1. The second-order valence-electron chi connectivity index (χ2n) is 1.77. The molecular formula is C7H6BrNO. The Balaban J connectivity index is 2.84. The molecule has 0 spiro atoms. The van der Waals surface area contributed by atoms with Gasteiger partial charge in [-0.3, -0.25) is 4.79 Å². The third kappa shape index (κ3) is 1.84. The molecule has 1 aromatic rings. The Morgan fingerprint density at radius 3 is 2.90 bits per heavy atom. The van der Waals surface area contributed by atoms with Gasteiger partial charge in [-0.25, -0.2) is 0 Å². The second-order valence-corrected chi connectivity index (χ2v) is 2.69. The minimum absolute atomic E-state index is 0.655. The summed E-state index contributed by atoms with van der Waals surface area (Å²) in [5.74, 6) is 0. The molecule has 0 bridgehead atoms. The Hall–Kier alpha value is -0.830. The summed E-state index contributed by atoms with van der Waals surface area (Å²) >= 11 is 3.28. The third-order valence-electron chi connectivity index (χ3n) is 1.05. The molecule has 0 aromatic heterocycles. The van der Waals surface area contributed by atoms with Crippen LogP contribution in [0.4, 0.5) is 5.69 Å². The van der Waals surface area contributed by atoms with Crippen molar-refractivity contribution in [2.24, 2.45) is 0 Å². The molecule has 1 N–H and O–H groups in total. The first-order valence-electron chi connectivity index (χ1n) is 2.78. The fourth-order valence-corrected chi connectivity index (χ4v) is 1.05. The van der Waals surface area contributed by atoms with E-state index < -0.39 is 0 Å². The van der Waals surface area contributed by atoms with Crippen LogP contribution in [0.25, 0.3) is 0 Å². The van der Waals surface area contributed by atoms with Crippen molar-refractivity contribution in [1.82, 2.24) is 0 Å². The standard InChI is InChI=1S/C7H6BrNO/c8-6-2-1-3-7(4-6)9-5-10/h1-5H,(H,9,10). The Morgan fingerprint density at radius 1 is 1.50 bits per heavy atom. The van der Waals surface area contributed by atoms with E-state index in [9.17, 15) is 4.79 Å². The van der Waals surface area contributed by atoms with Crippen LogP contribution >= 0.6 is 15.9 Å². The van der Waals surface area contributed by atoms with Gasteiger partial charge in [-0.05, 0) is 18.2 Å². The molecule has 0 heterocycles. The largest absolute Gasteiger partial charge is 0.329 e. The minimum atomic E-state index is 0.655. The molecule has 10 heavy (non-hydrogen) atoms. The zero-order valence-electron chi connectivity index (χ0n) is 5.17. The van der Waals surface area contributed by atoms with Gasteiger partial charge in [0.2, 0.25) is 6.41 Å². The van der Waals surface area contributed by atoms with E-state index in [1.165, 1.54) is 0 Å². The lowest BCUT2D eigenvalue weighted by Crippen LogP contribution is -1.92. The molecule has 0 fully saturated rings. The van der Waals surface area contributed by atoms with Crippen LogP contribution in [0.3, 0.4) is 0 Å². The Morgan fingerprint density at radius 2 is 2.30 bits per heavy atom. The zero-order chi connectivity index (χ0) is 7.40. The summed E-state index contributed by atoms with van der Waals surface area (Å²) in [6, 6.07) is 7.40. The molecule has 0 saturated heterocycles. The maximum Gasteiger partial charge on any atom is 0.211 e. The highest BCUT2D eigenvalue weighted by atomic mass is 79.9. The molecular weight excluding hydrogens is 194 g/mol. The first-order chi connectivity index (χ1) is 4.83. The summed E-state index contributed by atoms with van der Waals surface area (Å²) in [7, 11) is 0. The third-order valence-corrected chi connectivity index (χ3v) is 1.54. The lowest BCUT2D eigenvalue weighted by molar-refractivity contribution is -0.105. The average molecular weight is 200 g/mol. The van der Waals surface area contributed by atoms with E-state index in [1.54, 1.807) is 0 Å². The van der Waals surface area contributed by atoms with E-state index in [4.69, 9.17) is 0 Å². The summed E-state index contributed by atoms with van der Waals surface area (Å²) in [5, 5.41) is 2.54. The predicted octanol–water partition coefficient (Wildman–Crippen LogP) is 2.02. The molecule has 0 radical (unpaired) electrons. The Bertz CT molecular complexity index is 237. The summed E-state index contributed by atoms with van der Waals surface area (Å²) in [6.07, 6.45) is 0.655. The van der Waals surface area contributed by atoms with Crippen LogP contribution in [-0.4, -0.2) is 6.41 Å². The zero-order valence-corrected chi connectivity index (χ0v) is 6.76. The highest BCUT2D eigenvalue weighted by Crippen LogP contribution is 2.14. The highest BCUT2D eigenvalue weighted by Gasteiger charge is 1.88. The number of hydrogen-bond donors (Lipinski definition) is 1. The highest BCUT2D eigenvalue weighted by molar-refractivity contribution is 9.10. The molecule has 1 amide bonds. The van der Waals surface area contributed by atoms with Crippen molar-refractivity contribution in [3.63, 3.8) is 0 Å². The van der Waals surface area contributed by atoms with Crippen LogP contribution in [0, 0.1) is 0 Å². The number of anilines is 1. The number of hydrogen-bond acceptors (Lipinski definition) is 1. The van der Waals surface area contributed by atoms with Gasteiger partial charge in [-0.1, -0.05) is 22.0 Å². The molecule has 0 aliphatic heterocycles. The predicted molar refractivity (Wildman–Crippen MR) is 43.8 cm³/mol. The minimum Gasteiger partial charge on any atom is -0.329 e. The number of halogens is 1. The Kier molecular flexibility index (Phi) is 2.45.